The summed E-state index contributed by atoms with van der Waals surface area (Å²) in [5.41, 5.74) is 8.35. The lowest BCUT2D eigenvalue weighted by atomic mass is 9.98. The highest BCUT2D eigenvalue weighted by molar-refractivity contribution is 5.68. The van der Waals surface area contributed by atoms with Gasteiger partial charge in [0.05, 0.1) is 6.61 Å². The molecule has 162 valence electrons. The fourth-order valence-corrected chi connectivity index (χ4v) is 2.58. The molecule has 5 atom stereocenters. The second kappa shape index (κ2) is 11.8. The number of hydrogen-bond donors (Lipinski definition) is 0. The third kappa shape index (κ3) is 8.34. The summed E-state index contributed by atoms with van der Waals surface area (Å²) in [5.74, 6) is -2.83. The number of azide groups is 1. The second-order valence-corrected chi connectivity index (χ2v) is 5.89. The summed E-state index contributed by atoms with van der Waals surface area (Å²) in [6, 6.07) is 0. The molecule has 0 bridgehead atoms. The van der Waals surface area contributed by atoms with Gasteiger partial charge in [-0.25, -0.2) is 0 Å². The summed E-state index contributed by atoms with van der Waals surface area (Å²) >= 11 is 0. The maximum Gasteiger partial charge on any atom is 0.303 e. The van der Waals surface area contributed by atoms with E-state index in [1.807, 2.05) is 0 Å². The van der Waals surface area contributed by atoms with Gasteiger partial charge in [-0.1, -0.05) is 5.11 Å². The topological polar surface area (TPSA) is 172 Å². The maximum absolute atomic E-state index is 11.6. The van der Waals surface area contributed by atoms with Crippen molar-refractivity contribution in [2.24, 2.45) is 5.11 Å². The third-order valence-electron chi connectivity index (χ3n) is 3.48. The molecule has 0 aliphatic carbocycles. The molecule has 1 fully saturated rings. The lowest BCUT2D eigenvalue weighted by Gasteiger charge is -2.44. The predicted molar refractivity (Wildman–Crippen MR) is 91.9 cm³/mol. The van der Waals surface area contributed by atoms with Gasteiger partial charge in [0, 0.05) is 39.2 Å². The van der Waals surface area contributed by atoms with Crippen LogP contribution in [-0.4, -0.2) is 74.3 Å². The minimum atomic E-state index is -1.31. The van der Waals surface area contributed by atoms with Crippen molar-refractivity contribution in [2.75, 3.05) is 19.8 Å². The van der Waals surface area contributed by atoms with Crippen LogP contribution in [-0.2, 0) is 47.6 Å². The van der Waals surface area contributed by atoms with E-state index in [-0.39, 0.29) is 19.8 Å². The quantitative estimate of drug-likeness (QED) is 0.128. The number of hydrogen-bond acceptors (Lipinski definition) is 11. The third-order valence-corrected chi connectivity index (χ3v) is 3.48. The van der Waals surface area contributed by atoms with Crippen LogP contribution in [0.3, 0.4) is 0 Å². The van der Waals surface area contributed by atoms with Gasteiger partial charge in [0.15, 0.2) is 24.6 Å². The van der Waals surface area contributed by atoms with Gasteiger partial charge < -0.3 is 28.4 Å². The molecule has 13 heteroatoms. The molecule has 0 radical (unpaired) electrons. The van der Waals surface area contributed by atoms with Gasteiger partial charge in [0.1, 0.15) is 12.7 Å². The highest BCUT2D eigenvalue weighted by Gasteiger charge is 2.52. The molecule has 3 unspecified atom stereocenters. The maximum atomic E-state index is 11.6. The lowest BCUT2D eigenvalue weighted by Crippen LogP contribution is -2.63. The first-order valence-electron chi connectivity index (χ1n) is 8.58. The van der Waals surface area contributed by atoms with E-state index in [1.165, 1.54) is 6.92 Å². The van der Waals surface area contributed by atoms with E-state index in [0.29, 0.717) is 0 Å². The SMILES string of the molecule is CC(=O)OCC1O[C@@H](OCCN=[N+]=[N-])C(OC(C)=O)C(OC(C)=O)[C@@H]1OC(C)=O. The second-order valence-electron chi connectivity index (χ2n) is 5.89. The Balaban J connectivity index is 3.22. The van der Waals surface area contributed by atoms with E-state index in [4.69, 9.17) is 34.0 Å². The van der Waals surface area contributed by atoms with Crippen LogP contribution in [0, 0.1) is 0 Å². The summed E-state index contributed by atoms with van der Waals surface area (Å²) in [6.45, 7) is 4.01. The van der Waals surface area contributed by atoms with Crippen molar-refractivity contribution in [3.63, 3.8) is 0 Å². The van der Waals surface area contributed by atoms with Gasteiger partial charge in [-0.2, -0.15) is 0 Å². The van der Waals surface area contributed by atoms with Crippen molar-refractivity contribution in [2.45, 2.75) is 58.4 Å². The Kier molecular flexibility index (Phi) is 9.86. The van der Waals surface area contributed by atoms with Gasteiger partial charge in [0.25, 0.3) is 0 Å². The first kappa shape index (κ1) is 24.1. The average molecular weight is 417 g/mol. The van der Waals surface area contributed by atoms with E-state index in [2.05, 4.69) is 10.0 Å². The van der Waals surface area contributed by atoms with Crippen LogP contribution < -0.4 is 0 Å². The van der Waals surface area contributed by atoms with Crippen molar-refractivity contribution in [1.82, 2.24) is 0 Å². The Morgan fingerprint density at radius 2 is 1.45 bits per heavy atom. The molecule has 29 heavy (non-hydrogen) atoms. The number of carbonyl (C=O) groups is 4. The van der Waals surface area contributed by atoms with Crippen molar-refractivity contribution < 1.29 is 47.6 Å². The van der Waals surface area contributed by atoms with Crippen LogP contribution in [0.2, 0.25) is 0 Å². The molecular weight excluding hydrogens is 394 g/mol. The zero-order chi connectivity index (χ0) is 22.0. The molecule has 1 saturated heterocycles. The molecule has 0 amide bonds. The smallest absolute Gasteiger partial charge is 0.303 e. The minimum Gasteiger partial charge on any atom is -0.463 e. The normalized spacial score (nSPS) is 25.9. The van der Waals surface area contributed by atoms with E-state index in [1.54, 1.807) is 0 Å². The highest BCUT2D eigenvalue weighted by atomic mass is 16.7. The Labute approximate surface area is 166 Å². The fraction of sp³-hybridized carbons (Fsp3) is 0.750. The summed E-state index contributed by atoms with van der Waals surface area (Å²) < 4.78 is 31.7. The van der Waals surface area contributed by atoms with E-state index < -0.39 is 54.6 Å². The molecule has 0 N–H and O–H groups in total. The molecule has 0 aromatic carbocycles. The van der Waals surface area contributed by atoms with Gasteiger partial charge in [-0.15, -0.1) is 0 Å². The molecule has 1 heterocycles. The predicted octanol–water partition coefficient (Wildman–Crippen LogP) is 0.396. The van der Waals surface area contributed by atoms with Crippen molar-refractivity contribution >= 4 is 23.9 Å². The van der Waals surface area contributed by atoms with Gasteiger partial charge >= 0.3 is 23.9 Å². The van der Waals surface area contributed by atoms with Crippen molar-refractivity contribution in [1.29, 1.82) is 0 Å². The van der Waals surface area contributed by atoms with E-state index in [0.717, 1.165) is 20.8 Å². The summed E-state index contributed by atoms with van der Waals surface area (Å²) in [7, 11) is 0. The monoisotopic (exact) mass is 417 g/mol. The fourth-order valence-electron chi connectivity index (χ4n) is 2.58. The first-order chi connectivity index (χ1) is 13.6. The van der Waals surface area contributed by atoms with Crippen LogP contribution >= 0.6 is 0 Å². The molecule has 13 nitrogen and oxygen atoms in total. The highest BCUT2D eigenvalue weighted by Crippen LogP contribution is 2.29. The summed E-state index contributed by atoms with van der Waals surface area (Å²) in [5, 5.41) is 3.31. The molecule has 0 spiro atoms. The molecule has 1 rings (SSSR count). The Morgan fingerprint density at radius 1 is 0.897 bits per heavy atom. The zero-order valence-electron chi connectivity index (χ0n) is 16.4. The van der Waals surface area contributed by atoms with Crippen LogP contribution in [0.5, 0.6) is 0 Å². The standard InChI is InChI=1S/C16H23N3O10/c1-8(20)25-7-12-13(26-9(2)21)14(27-10(3)22)15(28-11(4)23)16(29-12)24-6-5-18-19-17/h12-16H,5-7H2,1-4H3/t12?,13-,14?,15?,16-/m1/s1. The molecule has 0 saturated carbocycles. The zero-order valence-corrected chi connectivity index (χ0v) is 16.4. The van der Waals surface area contributed by atoms with Gasteiger partial charge in [-0.3, -0.25) is 19.2 Å². The number of ether oxygens (including phenoxy) is 6. The molecule has 1 aliphatic heterocycles. The van der Waals surface area contributed by atoms with Crippen LogP contribution in [0.15, 0.2) is 5.11 Å². The van der Waals surface area contributed by atoms with Crippen LogP contribution in [0.1, 0.15) is 27.7 Å². The van der Waals surface area contributed by atoms with Crippen LogP contribution in [0.4, 0.5) is 0 Å². The molecular formula is C16H23N3O10. The molecule has 0 aromatic rings. The number of nitrogens with zero attached hydrogens (tertiary/aromatic N) is 3. The summed E-state index contributed by atoms with van der Waals surface area (Å²) in [4.78, 5) is 48.5. The Bertz CT molecular complexity index is 663. The average Bonchev–Trinajstić information content (AvgIpc) is 2.60. The number of esters is 4. The summed E-state index contributed by atoms with van der Waals surface area (Å²) in [6.07, 6.45) is -6.25. The number of rotatable bonds is 9. The molecule has 0 aromatic heterocycles. The van der Waals surface area contributed by atoms with E-state index >= 15 is 0 Å². The first-order valence-corrected chi connectivity index (χ1v) is 8.58. The van der Waals surface area contributed by atoms with Crippen molar-refractivity contribution in [3.05, 3.63) is 10.4 Å². The van der Waals surface area contributed by atoms with E-state index in [9.17, 15) is 19.2 Å². The largest absolute Gasteiger partial charge is 0.463 e. The lowest BCUT2D eigenvalue weighted by molar-refractivity contribution is -0.307. The minimum absolute atomic E-state index is 0.0522. The van der Waals surface area contributed by atoms with Gasteiger partial charge in [0.2, 0.25) is 0 Å². The molecule has 1 aliphatic rings. The Hall–Kier alpha value is -2.89. The number of carbonyl (C=O) groups excluding carboxylic acids is 4. The van der Waals surface area contributed by atoms with Crippen molar-refractivity contribution in [3.8, 4) is 0 Å². The Morgan fingerprint density at radius 3 is 1.97 bits per heavy atom. The van der Waals surface area contributed by atoms with Crippen LogP contribution in [0.25, 0.3) is 10.4 Å². The van der Waals surface area contributed by atoms with Gasteiger partial charge in [-0.05, 0) is 5.53 Å².